The molecule has 1 aliphatic heterocycles. The molecule has 2 N–H and O–H groups in total. The molecule has 1 saturated heterocycles. The van der Waals surface area contributed by atoms with Crippen molar-refractivity contribution in [3.63, 3.8) is 0 Å². The zero-order valence-electron chi connectivity index (χ0n) is 15.7. The Hall–Kier alpha value is -2.11. The lowest BCUT2D eigenvalue weighted by Crippen LogP contribution is -2.51. The molecule has 2 aromatic carbocycles. The third-order valence-electron chi connectivity index (χ3n) is 5.77. The quantitative estimate of drug-likeness (QED) is 0.892. The molecule has 0 radical (unpaired) electrons. The minimum Gasteiger partial charge on any atom is -0.493 e. The van der Waals surface area contributed by atoms with Crippen molar-refractivity contribution >= 4 is 0 Å². The smallest absolute Gasteiger partial charge is 0.197 e. The van der Waals surface area contributed by atoms with Crippen molar-refractivity contribution in [2.45, 2.75) is 43.9 Å². The molecule has 0 unspecified atom stereocenters. The van der Waals surface area contributed by atoms with E-state index in [0.29, 0.717) is 5.75 Å². The summed E-state index contributed by atoms with van der Waals surface area (Å²) in [6.45, 7) is 1.87. The van der Waals surface area contributed by atoms with Crippen LogP contribution in [0.3, 0.4) is 0 Å². The van der Waals surface area contributed by atoms with E-state index in [-0.39, 0.29) is 23.9 Å². The number of hydrogen-bond donors (Lipinski definition) is 1. The lowest BCUT2D eigenvalue weighted by Gasteiger charge is -2.43. The summed E-state index contributed by atoms with van der Waals surface area (Å²) in [6, 6.07) is 13.5. The molecule has 3 atom stereocenters. The summed E-state index contributed by atoms with van der Waals surface area (Å²) in [5.74, 6) is 0.215. The number of rotatable bonds is 4. The van der Waals surface area contributed by atoms with E-state index in [0.717, 1.165) is 44.3 Å². The standard InChI is InChI=1S/C22H27FN2O2/c1-26-20-10-4-9-18(23)22(20)27-21-17-8-3-2-6-15(17)11-12-19(21)25-13-5-7-16(24)14-25/h2-4,6,8-10,16,19,21H,5,7,11-14,24H2,1H3/t16-,19+,21+/m1/s1. The van der Waals surface area contributed by atoms with Gasteiger partial charge in [0.15, 0.2) is 17.3 Å². The van der Waals surface area contributed by atoms with Gasteiger partial charge in [0.05, 0.1) is 13.2 Å². The van der Waals surface area contributed by atoms with Crippen LogP contribution in [0.15, 0.2) is 42.5 Å². The maximum atomic E-state index is 14.6. The van der Waals surface area contributed by atoms with Crippen molar-refractivity contribution < 1.29 is 13.9 Å². The van der Waals surface area contributed by atoms with Gasteiger partial charge in [0.25, 0.3) is 0 Å². The molecule has 0 spiro atoms. The Morgan fingerprint density at radius 2 is 1.96 bits per heavy atom. The van der Waals surface area contributed by atoms with Crippen molar-refractivity contribution in [3.8, 4) is 11.5 Å². The van der Waals surface area contributed by atoms with E-state index in [1.165, 1.54) is 18.7 Å². The van der Waals surface area contributed by atoms with Crippen LogP contribution in [0.25, 0.3) is 0 Å². The summed E-state index contributed by atoms with van der Waals surface area (Å²) < 4.78 is 26.3. The van der Waals surface area contributed by atoms with Gasteiger partial charge >= 0.3 is 0 Å². The highest BCUT2D eigenvalue weighted by Gasteiger charge is 2.37. The number of para-hydroxylation sites is 1. The molecule has 27 heavy (non-hydrogen) atoms. The van der Waals surface area contributed by atoms with Crippen LogP contribution in [0.5, 0.6) is 11.5 Å². The first-order chi connectivity index (χ1) is 13.2. The highest BCUT2D eigenvalue weighted by molar-refractivity contribution is 5.42. The zero-order valence-corrected chi connectivity index (χ0v) is 15.7. The fourth-order valence-corrected chi connectivity index (χ4v) is 4.45. The molecule has 2 aliphatic rings. The molecule has 0 amide bonds. The van der Waals surface area contributed by atoms with Gasteiger partial charge in [-0.1, -0.05) is 30.3 Å². The number of halogens is 1. The first kappa shape index (κ1) is 18.3. The third kappa shape index (κ3) is 3.66. The molecule has 2 aromatic rings. The van der Waals surface area contributed by atoms with Crippen LogP contribution in [0.1, 0.15) is 36.5 Å². The minimum atomic E-state index is -0.397. The number of piperidine rings is 1. The molecule has 1 fully saturated rings. The lowest BCUT2D eigenvalue weighted by atomic mass is 9.84. The maximum Gasteiger partial charge on any atom is 0.197 e. The summed E-state index contributed by atoms with van der Waals surface area (Å²) in [7, 11) is 1.54. The summed E-state index contributed by atoms with van der Waals surface area (Å²) >= 11 is 0. The second kappa shape index (κ2) is 7.87. The Kier molecular flexibility index (Phi) is 5.32. The fourth-order valence-electron chi connectivity index (χ4n) is 4.45. The molecule has 0 saturated carbocycles. The second-order valence-corrected chi connectivity index (χ2v) is 7.51. The number of nitrogens with zero attached hydrogens (tertiary/aromatic N) is 1. The first-order valence-corrected chi connectivity index (χ1v) is 9.74. The summed E-state index contributed by atoms with van der Waals surface area (Å²) in [5.41, 5.74) is 8.64. The fraction of sp³-hybridized carbons (Fsp3) is 0.455. The van der Waals surface area contributed by atoms with Crippen molar-refractivity contribution in [2.24, 2.45) is 5.73 Å². The monoisotopic (exact) mass is 370 g/mol. The molecule has 1 heterocycles. The molecular formula is C22H27FN2O2. The van der Waals surface area contributed by atoms with Crippen molar-refractivity contribution in [1.29, 1.82) is 0 Å². The van der Waals surface area contributed by atoms with E-state index in [4.69, 9.17) is 15.2 Å². The second-order valence-electron chi connectivity index (χ2n) is 7.51. The molecule has 4 rings (SSSR count). The van der Waals surface area contributed by atoms with E-state index in [1.54, 1.807) is 12.1 Å². The van der Waals surface area contributed by atoms with E-state index in [1.807, 2.05) is 6.07 Å². The molecule has 1 aliphatic carbocycles. The van der Waals surface area contributed by atoms with Gasteiger partial charge in [-0.15, -0.1) is 0 Å². The Labute approximate surface area is 160 Å². The number of fused-ring (bicyclic) bond motifs is 1. The SMILES string of the molecule is COc1cccc(F)c1O[C@H]1c2ccccc2CC[C@@H]1N1CCC[C@@H](N)C1. The number of aryl methyl sites for hydroxylation is 1. The number of benzene rings is 2. The average Bonchev–Trinajstić information content (AvgIpc) is 2.69. The highest BCUT2D eigenvalue weighted by atomic mass is 19.1. The normalized spacial score (nSPS) is 25.7. The third-order valence-corrected chi connectivity index (χ3v) is 5.77. The molecule has 0 aromatic heterocycles. The van der Waals surface area contributed by atoms with Gasteiger partial charge in [0.1, 0.15) is 6.10 Å². The van der Waals surface area contributed by atoms with Gasteiger partial charge in [0, 0.05) is 12.6 Å². The predicted octanol–water partition coefficient (Wildman–Crippen LogP) is 3.69. The lowest BCUT2D eigenvalue weighted by molar-refractivity contribution is 0.0332. The molecular weight excluding hydrogens is 343 g/mol. The van der Waals surface area contributed by atoms with Crippen LogP contribution in [-0.2, 0) is 6.42 Å². The minimum absolute atomic E-state index is 0.176. The molecule has 4 nitrogen and oxygen atoms in total. The topological polar surface area (TPSA) is 47.7 Å². The van der Waals surface area contributed by atoms with Crippen LogP contribution in [0.4, 0.5) is 4.39 Å². The average molecular weight is 370 g/mol. The Balaban J connectivity index is 1.71. The number of hydrogen-bond acceptors (Lipinski definition) is 4. The molecule has 5 heteroatoms. The Morgan fingerprint density at radius 3 is 2.78 bits per heavy atom. The van der Waals surface area contributed by atoms with Crippen molar-refractivity contribution in [1.82, 2.24) is 4.90 Å². The van der Waals surface area contributed by atoms with E-state index in [9.17, 15) is 4.39 Å². The number of ether oxygens (including phenoxy) is 2. The van der Waals surface area contributed by atoms with Gasteiger partial charge in [-0.3, -0.25) is 4.90 Å². The summed E-state index contributed by atoms with van der Waals surface area (Å²) in [5, 5.41) is 0. The van der Waals surface area contributed by atoms with Crippen LogP contribution in [0, 0.1) is 5.82 Å². The van der Waals surface area contributed by atoms with Gasteiger partial charge in [-0.2, -0.15) is 0 Å². The van der Waals surface area contributed by atoms with Crippen LogP contribution in [0.2, 0.25) is 0 Å². The summed E-state index contributed by atoms with van der Waals surface area (Å²) in [6.07, 6.45) is 3.89. The van der Waals surface area contributed by atoms with Gasteiger partial charge < -0.3 is 15.2 Å². The van der Waals surface area contributed by atoms with E-state index in [2.05, 4.69) is 23.1 Å². The van der Waals surface area contributed by atoms with Crippen LogP contribution >= 0.6 is 0 Å². The first-order valence-electron chi connectivity index (χ1n) is 9.74. The largest absolute Gasteiger partial charge is 0.493 e. The predicted molar refractivity (Wildman–Crippen MR) is 104 cm³/mol. The Morgan fingerprint density at radius 1 is 1.11 bits per heavy atom. The molecule has 144 valence electrons. The molecule has 0 bridgehead atoms. The maximum absolute atomic E-state index is 14.6. The number of methoxy groups -OCH3 is 1. The van der Waals surface area contributed by atoms with E-state index >= 15 is 0 Å². The Bertz CT molecular complexity index is 798. The van der Waals surface area contributed by atoms with Crippen LogP contribution in [-0.4, -0.2) is 37.2 Å². The van der Waals surface area contributed by atoms with Gasteiger partial charge in [-0.25, -0.2) is 4.39 Å². The van der Waals surface area contributed by atoms with Gasteiger partial charge in [-0.05, 0) is 55.5 Å². The number of likely N-dealkylation sites (tertiary alicyclic amines) is 1. The van der Waals surface area contributed by atoms with E-state index < -0.39 is 5.82 Å². The highest BCUT2D eigenvalue weighted by Crippen LogP contribution is 2.40. The summed E-state index contributed by atoms with van der Waals surface area (Å²) in [4.78, 5) is 2.43. The van der Waals surface area contributed by atoms with Crippen molar-refractivity contribution in [2.75, 3.05) is 20.2 Å². The van der Waals surface area contributed by atoms with Crippen molar-refractivity contribution in [3.05, 3.63) is 59.4 Å². The van der Waals surface area contributed by atoms with Gasteiger partial charge in [0.2, 0.25) is 0 Å². The number of nitrogens with two attached hydrogens (primary N) is 1. The van der Waals surface area contributed by atoms with Crippen LogP contribution < -0.4 is 15.2 Å². The zero-order chi connectivity index (χ0) is 18.8.